The van der Waals surface area contributed by atoms with Gasteiger partial charge in [-0.15, -0.1) is 11.3 Å². The third-order valence-electron chi connectivity index (χ3n) is 5.77. The van der Waals surface area contributed by atoms with Gasteiger partial charge in [0, 0.05) is 33.8 Å². The number of fused-ring (bicyclic) bond motifs is 3. The highest BCUT2D eigenvalue weighted by atomic mass is 32.1. The molecule has 6 heteroatoms. The van der Waals surface area contributed by atoms with Gasteiger partial charge in [0.1, 0.15) is 12.2 Å². The molecule has 0 N–H and O–H groups in total. The van der Waals surface area contributed by atoms with Crippen LogP contribution in [0.2, 0.25) is 0 Å². The van der Waals surface area contributed by atoms with E-state index in [1.165, 1.54) is 19.7 Å². The van der Waals surface area contributed by atoms with E-state index in [0.29, 0.717) is 13.0 Å². The molecule has 0 saturated heterocycles. The number of carbonyl (C=O) groups excluding carboxylic acids is 2. The lowest BCUT2D eigenvalue weighted by atomic mass is 9.94. The number of carbonyl (C=O) groups is 2. The first-order valence-corrected chi connectivity index (χ1v) is 12.6. The van der Waals surface area contributed by atoms with E-state index in [0.717, 1.165) is 16.5 Å². The van der Waals surface area contributed by atoms with Crippen LogP contribution >= 0.6 is 11.3 Å². The fourth-order valence-corrected chi connectivity index (χ4v) is 5.05. The van der Waals surface area contributed by atoms with Gasteiger partial charge in [0.2, 0.25) is 0 Å². The SMILES string of the molecule is CN(CCC(C(=O)OCc1ccccc1)c1ccc2sc3ccccc3c2c1)C(=O)OC(C)(C)C. The summed E-state index contributed by atoms with van der Waals surface area (Å²) < 4.78 is 13.6. The first kappa shape index (κ1) is 24.7. The highest BCUT2D eigenvalue weighted by Gasteiger charge is 2.26. The van der Waals surface area contributed by atoms with Gasteiger partial charge in [-0.2, -0.15) is 0 Å². The molecule has 0 fully saturated rings. The number of rotatable bonds is 7. The predicted molar refractivity (Wildman–Crippen MR) is 142 cm³/mol. The highest BCUT2D eigenvalue weighted by molar-refractivity contribution is 7.25. The van der Waals surface area contributed by atoms with Crippen LogP contribution < -0.4 is 0 Å². The van der Waals surface area contributed by atoms with Crippen LogP contribution in [0.5, 0.6) is 0 Å². The lowest BCUT2D eigenvalue weighted by molar-refractivity contribution is -0.147. The Morgan fingerprint density at radius 3 is 2.34 bits per heavy atom. The molecule has 0 saturated carbocycles. The molecule has 0 bridgehead atoms. The van der Waals surface area contributed by atoms with Crippen molar-refractivity contribution >= 4 is 43.6 Å². The fraction of sp³-hybridized carbons (Fsp3) is 0.310. The third-order valence-corrected chi connectivity index (χ3v) is 6.92. The molecule has 0 spiro atoms. The van der Waals surface area contributed by atoms with Crippen LogP contribution in [0.15, 0.2) is 72.8 Å². The van der Waals surface area contributed by atoms with Crippen LogP contribution in [-0.2, 0) is 20.9 Å². The predicted octanol–water partition coefficient (Wildman–Crippen LogP) is 7.14. The zero-order valence-corrected chi connectivity index (χ0v) is 21.4. The number of hydrogen-bond acceptors (Lipinski definition) is 5. The van der Waals surface area contributed by atoms with E-state index < -0.39 is 17.6 Å². The van der Waals surface area contributed by atoms with Gasteiger partial charge in [0.05, 0.1) is 5.92 Å². The van der Waals surface area contributed by atoms with Crippen molar-refractivity contribution in [1.29, 1.82) is 0 Å². The molecule has 1 atom stereocenters. The van der Waals surface area contributed by atoms with E-state index in [-0.39, 0.29) is 12.6 Å². The van der Waals surface area contributed by atoms with Crippen LogP contribution in [0, 0.1) is 0 Å². The van der Waals surface area contributed by atoms with E-state index in [1.54, 1.807) is 18.4 Å². The first-order chi connectivity index (χ1) is 16.7. The minimum Gasteiger partial charge on any atom is -0.460 e. The van der Waals surface area contributed by atoms with E-state index in [9.17, 15) is 9.59 Å². The van der Waals surface area contributed by atoms with Gasteiger partial charge in [-0.25, -0.2) is 4.79 Å². The molecule has 1 unspecified atom stereocenters. The van der Waals surface area contributed by atoms with Crippen molar-refractivity contribution in [3.8, 4) is 0 Å². The number of thiophene rings is 1. The quantitative estimate of drug-likeness (QED) is 0.259. The summed E-state index contributed by atoms with van der Waals surface area (Å²) in [5.41, 5.74) is 1.24. The number of ether oxygens (including phenoxy) is 2. The molecule has 3 aromatic carbocycles. The lowest BCUT2D eigenvalue weighted by Crippen LogP contribution is -2.35. The minimum atomic E-state index is -0.579. The molecule has 182 valence electrons. The van der Waals surface area contributed by atoms with Crippen molar-refractivity contribution < 1.29 is 19.1 Å². The van der Waals surface area contributed by atoms with Crippen molar-refractivity contribution in [2.24, 2.45) is 0 Å². The average molecular weight is 490 g/mol. The maximum atomic E-state index is 13.3. The second kappa shape index (κ2) is 10.5. The molecule has 4 rings (SSSR count). The summed E-state index contributed by atoms with van der Waals surface area (Å²) in [7, 11) is 1.69. The maximum Gasteiger partial charge on any atom is 0.410 e. The van der Waals surface area contributed by atoms with Crippen LogP contribution in [-0.4, -0.2) is 36.2 Å². The molecule has 0 radical (unpaired) electrons. The van der Waals surface area contributed by atoms with Gasteiger partial charge < -0.3 is 14.4 Å². The zero-order valence-electron chi connectivity index (χ0n) is 20.6. The van der Waals surface area contributed by atoms with Crippen LogP contribution in [0.4, 0.5) is 4.79 Å². The Bertz CT molecular complexity index is 1320. The topological polar surface area (TPSA) is 55.8 Å². The Labute approximate surface area is 210 Å². The molecular weight excluding hydrogens is 458 g/mol. The molecular formula is C29H31NO4S. The van der Waals surface area contributed by atoms with E-state index >= 15 is 0 Å². The van der Waals surface area contributed by atoms with Gasteiger partial charge >= 0.3 is 12.1 Å². The van der Waals surface area contributed by atoms with E-state index in [4.69, 9.17) is 9.47 Å². The summed E-state index contributed by atoms with van der Waals surface area (Å²) in [5, 5.41) is 2.31. The van der Waals surface area contributed by atoms with Crippen molar-refractivity contribution in [3.05, 3.63) is 83.9 Å². The van der Waals surface area contributed by atoms with Crippen LogP contribution in [0.3, 0.4) is 0 Å². The van der Waals surface area contributed by atoms with Gasteiger partial charge in [-0.1, -0.05) is 54.6 Å². The highest BCUT2D eigenvalue weighted by Crippen LogP contribution is 2.36. The Hall–Kier alpha value is -3.38. The Morgan fingerprint density at radius 2 is 1.60 bits per heavy atom. The summed E-state index contributed by atoms with van der Waals surface area (Å²) in [6, 6.07) is 24.1. The summed E-state index contributed by atoms with van der Waals surface area (Å²) in [6.45, 7) is 6.08. The fourth-order valence-electron chi connectivity index (χ4n) is 3.96. The largest absolute Gasteiger partial charge is 0.460 e. The lowest BCUT2D eigenvalue weighted by Gasteiger charge is -2.26. The monoisotopic (exact) mass is 489 g/mol. The summed E-state index contributed by atoms with van der Waals surface area (Å²) in [4.78, 5) is 27.3. The van der Waals surface area contributed by atoms with Crippen molar-refractivity contribution in [2.75, 3.05) is 13.6 Å². The first-order valence-electron chi connectivity index (χ1n) is 11.8. The molecule has 5 nitrogen and oxygen atoms in total. The maximum absolute atomic E-state index is 13.3. The van der Waals surface area contributed by atoms with Gasteiger partial charge in [-0.3, -0.25) is 4.79 Å². The molecule has 1 amide bonds. The third kappa shape index (κ3) is 6.20. The molecule has 0 aliphatic rings. The number of nitrogens with zero attached hydrogens (tertiary/aromatic N) is 1. The summed E-state index contributed by atoms with van der Waals surface area (Å²) in [5.74, 6) is -0.808. The molecule has 0 aliphatic heterocycles. The Kier molecular flexibility index (Phi) is 7.41. The number of hydrogen-bond donors (Lipinski definition) is 0. The average Bonchev–Trinajstić information content (AvgIpc) is 3.20. The zero-order chi connectivity index (χ0) is 25.0. The van der Waals surface area contributed by atoms with Crippen molar-refractivity contribution in [2.45, 2.75) is 45.3 Å². The van der Waals surface area contributed by atoms with Crippen LogP contribution in [0.1, 0.15) is 44.2 Å². The molecule has 35 heavy (non-hydrogen) atoms. The number of amides is 1. The number of benzene rings is 3. The van der Waals surface area contributed by atoms with Gasteiger partial charge in [0.15, 0.2) is 0 Å². The molecule has 4 aromatic rings. The minimum absolute atomic E-state index is 0.210. The van der Waals surface area contributed by atoms with Gasteiger partial charge in [-0.05, 0) is 56.5 Å². The molecule has 0 aliphatic carbocycles. The molecule has 1 aromatic heterocycles. The Morgan fingerprint density at radius 1 is 0.914 bits per heavy atom. The number of esters is 1. The Balaban J connectivity index is 1.58. The second-order valence-corrected chi connectivity index (χ2v) is 10.8. The van der Waals surface area contributed by atoms with Gasteiger partial charge in [0.25, 0.3) is 0 Å². The van der Waals surface area contributed by atoms with Crippen molar-refractivity contribution in [1.82, 2.24) is 4.90 Å². The second-order valence-electron chi connectivity index (χ2n) is 9.69. The van der Waals surface area contributed by atoms with Crippen molar-refractivity contribution in [3.63, 3.8) is 0 Å². The van der Waals surface area contributed by atoms with E-state index in [2.05, 4.69) is 24.3 Å². The standard InChI is InChI=1S/C29H31NO4S/c1-29(2,3)34-28(32)30(4)17-16-22(27(31)33-19-20-10-6-5-7-11-20)21-14-15-26-24(18-21)23-12-8-9-13-25(23)35-26/h5-15,18,22H,16-17,19H2,1-4H3. The molecule has 1 heterocycles. The van der Waals surface area contributed by atoms with Crippen LogP contribution in [0.25, 0.3) is 20.2 Å². The summed E-state index contributed by atoms with van der Waals surface area (Å²) >= 11 is 1.74. The van der Waals surface area contributed by atoms with E-state index in [1.807, 2.05) is 69.3 Å². The normalized spacial score (nSPS) is 12.5. The summed E-state index contributed by atoms with van der Waals surface area (Å²) in [6.07, 6.45) is 0.0184. The smallest absolute Gasteiger partial charge is 0.410 e.